The van der Waals surface area contributed by atoms with Gasteiger partial charge in [-0.2, -0.15) is 0 Å². The monoisotopic (exact) mass is 405 g/mol. The summed E-state index contributed by atoms with van der Waals surface area (Å²) in [5, 5.41) is 4.05. The van der Waals surface area contributed by atoms with Gasteiger partial charge in [-0.15, -0.1) is 0 Å². The van der Waals surface area contributed by atoms with Gasteiger partial charge < -0.3 is 14.8 Å². The molecule has 30 heavy (non-hydrogen) atoms. The summed E-state index contributed by atoms with van der Waals surface area (Å²) >= 11 is 0. The Bertz CT molecular complexity index is 998. The van der Waals surface area contributed by atoms with Crippen LogP contribution in [0.5, 0.6) is 5.75 Å². The zero-order chi connectivity index (χ0) is 20.8. The Hall–Kier alpha value is -2.99. The maximum absolute atomic E-state index is 12.8. The first-order chi connectivity index (χ1) is 14.7. The number of fused-ring (bicyclic) bond motifs is 1. The SMILES string of the molecule is COc1ccc(CCCNC(=O)c2cc(C3CCOCC3)c3cnccc3n2)cc1. The topological polar surface area (TPSA) is 73.3 Å². The number of methoxy groups -OCH3 is 1. The average molecular weight is 405 g/mol. The van der Waals surface area contributed by atoms with Gasteiger partial charge in [-0.1, -0.05) is 12.1 Å². The molecule has 1 aliphatic rings. The molecule has 1 fully saturated rings. The Morgan fingerprint density at radius 2 is 2.00 bits per heavy atom. The summed E-state index contributed by atoms with van der Waals surface area (Å²) in [4.78, 5) is 21.6. The third-order valence-corrected chi connectivity index (χ3v) is 5.62. The Labute approximate surface area is 176 Å². The molecule has 6 heteroatoms. The minimum atomic E-state index is -0.128. The van der Waals surface area contributed by atoms with Crippen molar-refractivity contribution in [2.45, 2.75) is 31.6 Å². The van der Waals surface area contributed by atoms with Crippen LogP contribution in [0.15, 0.2) is 48.8 Å². The van der Waals surface area contributed by atoms with Crippen molar-refractivity contribution in [1.82, 2.24) is 15.3 Å². The predicted octanol–water partition coefficient (Wildman–Crippen LogP) is 3.90. The standard InChI is InChI=1S/C24H27N3O3/c1-29-19-6-4-17(5-7-19)3-2-11-26-24(28)23-15-20(18-9-13-30-14-10-18)21-16-25-12-8-22(21)27-23/h4-8,12,15-16,18H,2-3,9-11,13-14H2,1H3,(H,26,28). The number of carbonyl (C=O) groups is 1. The van der Waals surface area contributed by atoms with Gasteiger partial charge in [0.15, 0.2) is 0 Å². The summed E-state index contributed by atoms with van der Waals surface area (Å²) in [6.45, 7) is 2.11. The van der Waals surface area contributed by atoms with Gasteiger partial charge in [0.05, 0.1) is 12.6 Å². The molecule has 3 heterocycles. The molecule has 1 N–H and O–H groups in total. The first-order valence-corrected chi connectivity index (χ1v) is 10.5. The lowest BCUT2D eigenvalue weighted by Crippen LogP contribution is -2.26. The first-order valence-electron chi connectivity index (χ1n) is 10.5. The van der Waals surface area contributed by atoms with Crippen molar-refractivity contribution < 1.29 is 14.3 Å². The van der Waals surface area contributed by atoms with Crippen molar-refractivity contribution in [3.63, 3.8) is 0 Å². The molecule has 0 unspecified atom stereocenters. The maximum atomic E-state index is 12.8. The van der Waals surface area contributed by atoms with Crippen molar-refractivity contribution >= 4 is 16.8 Å². The number of benzene rings is 1. The third kappa shape index (κ3) is 4.76. The van der Waals surface area contributed by atoms with E-state index in [1.807, 2.05) is 30.5 Å². The van der Waals surface area contributed by atoms with E-state index in [2.05, 4.69) is 27.4 Å². The number of hydrogen-bond acceptors (Lipinski definition) is 5. The lowest BCUT2D eigenvalue weighted by atomic mass is 9.89. The Balaban J connectivity index is 1.42. The van der Waals surface area contributed by atoms with E-state index in [4.69, 9.17) is 9.47 Å². The van der Waals surface area contributed by atoms with Crippen molar-refractivity contribution in [1.29, 1.82) is 0 Å². The number of nitrogens with zero attached hydrogens (tertiary/aromatic N) is 2. The predicted molar refractivity (Wildman–Crippen MR) is 116 cm³/mol. The molecule has 1 amide bonds. The van der Waals surface area contributed by atoms with Gasteiger partial charge in [0.2, 0.25) is 0 Å². The molecule has 6 nitrogen and oxygen atoms in total. The molecular formula is C24H27N3O3. The molecule has 156 valence electrons. The van der Waals surface area contributed by atoms with Crippen molar-refractivity contribution in [2.75, 3.05) is 26.9 Å². The molecule has 0 saturated carbocycles. The van der Waals surface area contributed by atoms with Crippen LogP contribution in [-0.2, 0) is 11.2 Å². The average Bonchev–Trinajstić information content (AvgIpc) is 2.82. The minimum Gasteiger partial charge on any atom is -0.497 e. The number of rotatable bonds is 7. The highest BCUT2D eigenvalue weighted by atomic mass is 16.5. The molecule has 0 bridgehead atoms. The fourth-order valence-corrected chi connectivity index (χ4v) is 3.93. The van der Waals surface area contributed by atoms with Gasteiger partial charge >= 0.3 is 0 Å². The van der Waals surface area contributed by atoms with E-state index >= 15 is 0 Å². The second-order valence-electron chi connectivity index (χ2n) is 7.58. The summed E-state index contributed by atoms with van der Waals surface area (Å²) < 4.78 is 10.7. The summed E-state index contributed by atoms with van der Waals surface area (Å²) in [5.74, 6) is 1.09. The number of ether oxygens (including phenoxy) is 2. The van der Waals surface area contributed by atoms with Crippen LogP contribution in [0.1, 0.15) is 46.8 Å². The number of aromatic nitrogens is 2. The van der Waals surface area contributed by atoms with Gasteiger partial charge in [0, 0.05) is 37.5 Å². The zero-order valence-corrected chi connectivity index (χ0v) is 17.3. The molecule has 0 radical (unpaired) electrons. The van der Waals surface area contributed by atoms with Gasteiger partial charge in [0.1, 0.15) is 11.4 Å². The fraction of sp³-hybridized carbons (Fsp3) is 0.375. The zero-order valence-electron chi connectivity index (χ0n) is 17.3. The number of hydrogen-bond donors (Lipinski definition) is 1. The van der Waals surface area contributed by atoms with E-state index in [0.717, 1.165) is 61.1 Å². The molecule has 1 aliphatic heterocycles. The van der Waals surface area contributed by atoms with Crippen LogP contribution >= 0.6 is 0 Å². The fourth-order valence-electron chi connectivity index (χ4n) is 3.93. The number of carbonyl (C=O) groups excluding carboxylic acids is 1. The van der Waals surface area contributed by atoms with E-state index in [9.17, 15) is 4.79 Å². The number of nitrogens with one attached hydrogen (secondary N) is 1. The van der Waals surface area contributed by atoms with Crippen molar-refractivity contribution in [2.24, 2.45) is 0 Å². The molecule has 0 aliphatic carbocycles. The maximum Gasteiger partial charge on any atom is 0.269 e. The summed E-state index contributed by atoms with van der Waals surface area (Å²) in [6, 6.07) is 11.8. The second kappa shape index (κ2) is 9.67. The van der Waals surface area contributed by atoms with Crippen molar-refractivity contribution in [3.8, 4) is 5.75 Å². The van der Waals surface area contributed by atoms with E-state index < -0.39 is 0 Å². The van der Waals surface area contributed by atoms with Crippen LogP contribution in [0, 0.1) is 0 Å². The molecule has 0 spiro atoms. The molecule has 3 aromatic rings. The summed E-state index contributed by atoms with van der Waals surface area (Å²) in [7, 11) is 1.66. The van der Waals surface area contributed by atoms with Crippen LogP contribution < -0.4 is 10.1 Å². The van der Waals surface area contributed by atoms with E-state index in [-0.39, 0.29) is 5.91 Å². The minimum absolute atomic E-state index is 0.128. The first kappa shape index (κ1) is 20.3. The van der Waals surface area contributed by atoms with Crippen LogP contribution in [0.4, 0.5) is 0 Å². The Morgan fingerprint density at radius 1 is 1.20 bits per heavy atom. The number of pyridine rings is 2. The molecule has 1 aromatic carbocycles. The quantitative estimate of drug-likeness (QED) is 0.604. The molecule has 1 saturated heterocycles. The summed E-state index contributed by atoms with van der Waals surface area (Å²) in [6.07, 6.45) is 7.24. The van der Waals surface area contributed by atoms with E-state index in [1.54, 1.807) is 13.3 Å². The lowest BCUT2D eigenvalue weighted by molar-refractivity contribution is 0.0855. The van der Waals surface area contributed by atoms with Gasteiger partial charge in [-0.25, -0.2) is 4.98 Å². The van der Waals surface area contributed by atoms with E-state index in [0.29, 0.717) is 18.2 Å². The van der Waals surface area contributed by atoms with Crippen LogP contribution in [0.3, 0.4) is 0 Å². The molecule has 2 aromatic heterocycles. The van der Waals surface area contributed by atoms with Gasteiger partial charge in [0.25, 0.3) is 5.91 Å². The highest BCUT2D eigenvalue weighted by molar-refractivity contribution is 5.96. The number of amides is 1. The molecular weight excluding hydrogens is 378 g/mol. The Kier molecular flexibility index (Phi) is 6.54. The van der Waals surface area contributed by atoms with Crippen LogP contribution in [-0.4, -0.2) is 42.7 Å². The second-order valence-corrected chi connectivity index (χ2v) is 7.58. The molecule has 4 rings (SSSR count). The van der Waals surface area contributed by atoms with Crippen LogP contribution in [0.2, 0.25) is 0 Å². The normalized spacial score (nSPS) is 14.6. The van der Waals surface area contributed by atoms with Crippen LogP contribution in [0.25, 0.3) is 10.9 Å². The third-order valence-electron chi connectivity index (χ3n) is 5.62. The van der Waals surface area contributed by atoms with Gasteiger partial charge in [-0.05, 0) is 67.0 Å². The Morgan fingerprint density at radius 3 is 2.77 bits per heavy atom. The van der Waals surface area contributed by atoms with Gasteiger partial charge in [-0.3, -0.25) is 9.78 Å². The van der Waals surface area contributed by atoms with Crippen molar-refractivity contribution in [3.05, 3.63) is 65.6 Å². The highest BCUT2D eigenvalue weighted by Crippen LogP contribution is 2.32. The lowest BCUT2D eigenvalue weighted by Gasteiger charge is -2.24. The summed E-state index contributed by atoms with van der Waals surface area (Å²) in [5.41, 5.74) is 3.67. The number of aryl methyl sites for hydroxylation is 1. The van der Waals surface area contributed by atoms with E-state index in [1.165, 1.54) is 5.56 Å². The highest BCUT2D eigenvalue weighted by Gasteiger charge is 2.21. The smallest absolute Gasteiger partial charge is 0.269 e. The largest absolute Gasteiger partial charge is 0.497 e. The molecule has 0 atom stereocenters.